The first-order valence-corrected chi connectivity index (χ1v) is 7.93. The van der Waals surface area contributed by atoms with Gasteiger partial charge in [0.15, 0.2) is 0 Å². The molecule has 0 aliphatic carbocycles. The van der Waals surface area contributed by atoms with Crippen LogP contribution < -0.4 is 5.73 Å². The van der Waals surface area contributed by atoms with Crippen LogP contribution in [0.4, 0.5) is 0 Å². The Hall–Kier alpha value is -1.46. The zero-order valence-corrected chi connectivity index (χ0v) is 13.9. The number of benzene rings is 1. The molecule has 1 aromatic heterocycles. The van der Waals surface area contributed by atoms with E-state index in [4.69, 9.17) is 23.1 Å². The van der Waals surface area contributed by atoms with E-state index in [2.05, 4.69) is 54.6 Å². The number of fused-ring (bicyclic) bond motifs is 1. The number of nitrogens with zero attached hydrogens (tertiary/aromatic N) is 3. The topological polar surface area (TPSA) is 47.1 Å². The van der Waals surface area contributed by atoms with Crippen LogP contribution in [0, 0.1) is 5.92 Å². The quantitative estimate of drug-likeness (QED) is 0.799. The molecule has 0 saturated carbocycles. The summed E-state index contributed by atoms with van der Waals surface area (Å²) in [5, 5.41) is 6.00. The van der Waals surface area contributed by atoms with E-state index in [1.165, 1.54) is 10.9 Å². The van der Waals surface area contributed by atoms with Crippen LogP contribution in [-0.2, 0) is 13.1 Å². The zero-order chi connectivity index (χ0) is 15.4. The Bertz CT molecular complexity index is 620. The molecular weight excluding hydrogens is 280 g/mol. The van der Waals surface area contributed by atoms with Crippen LogP contribution in [0.15, 0.2) is 24.3 Å². The van der Waals surface area contributed by atoms with Crippen molar-refractivity contribution in [2.24, 2.45) is 11.7 Å². The van der Waals surface area contributed by atoms with Crippen LogP contribution in [0.25, 0.3) is 10.9 Å². The molecule has 0 spiro atoms. The Balaban J connectivity index is 2.23. The number of hydrogen-bond acceptors (Lipinski definition) is 3. The maximum absolute atomic E-state index is 5.73. The molecule has 1 atom stereocenters. The van der Waals surface area contributed by atoms with Crippen LogP contribution in [0.2, 0.25) is 0 Å². The van der Waals surface area contributed by atoms with Crippen LogP contribution in [0.1, 0.15) is 26.5 Å². The van der Waals surface area contributed by atoms with Gasteiger partial charge in [0.1, 0.15) is 0 Å². The summed E-state index contributed by atoms with van der Waals surface area (Å²) in [6.45, 7) is 9.90. The molecule has 1 unspecified atom stereocenters. The third-order valence-electron chi connectivity index (χ3n) is 3.87. The molecule has 2 rings (SSSR count). The minimum absolute atomic E-state index is 0.222. The van der Waals surface area contributed by atoms with Crippen molar-refractivity contribution in [3.05, 3.63) is 30.0 Å². The summed E-state index contributed by atoms with van der Waals surface area (Å²) < 4.78 is 2.06. The molecule has 2 aromatic rings. The molecule has 1 heterocycles. The lowest BCUT2D eigenvalue weighted by Gasteiger charge is -2.23. The zero-order valence-electron chi connectivity index (χ0n) is 13.0. The van der Waals surface area contributed by atoms with Crippen molar-refractivity contribution in [2.45, 2.75) is 33.9 Å². The number of thiocarbonyl (C=S) groups is 1. The standard InChI is InChI=1S/C16H24N4S/c1-4-19(10-12(3)16(17)21)11-14-13-8-6-7-9-15(13)20(5-2)18-14/h6-9,12H,4-5,10-11H2,1-3H3,(H2,17,21). The number of aromatic nitrogens is 2. The van der Waals surface area contributed by atoms with E-state index in [0.29, 0.717) is 4.99 Å². The summed E-state index contributed by atoms with van der Waals surface area (Å²) in [4.78, 5) is 2.93. The number of nitrogens with two attached hydrogens (primary N) is 1. The van der Waals surface area contributed by atoms with Gasteiger partial charge in [-0.15, -0.1) is 0 Å². The fourth-order valence-electron chi connectivity index (χ4n) is 2.55. The largest absolute Gasteiger partial charge is 0.393 e. The highest BCUT2D eigenvalue weighted by Gasteiger charge is 2.15. The van der Waals surface area contributed by atoms with Gasteiger partial charge in [0.05, 0.1) is 16.2 Å². The smallest absolute Gasteiger partial charge is 0.0843 e. The molecule has 0 fully saturated rings. The summed E-state index contributed by atoms with van der Waals surface area (Å²) in [5.74, 6) is 0.222. The van der Waals surface area contributed by atoms with Gasteiger partial charge in [-0.3, -0.25) is 9.58 Å². The predicted molar refractivity (Wildman–Crippen MR) is 92.3 cm³/mol. The Morgan fingerprint density at radius 2 is 2.10 bits per heavy atom. The molecular formula is C16H24N4S. The summed E-state index contributed by atoms with van der Waals surface area (Å²) in [6, 6.07) is 8.41. The lowest BCUT2D eigenvalue weighted by atomic mass is 10.1. The summed E-state index contributed by atoms with van der Waals surface area (Å²) >= 11 is 5.08. The van der Waals surface area contributed by atoms with E-state index in [-0.39, 0.29) is 5.92 Å². The van der Waals surface area contributed by atoms with Gasteiger partial charge in [0.25, 0.3) is 0 Å². The Labute approximate surface area is 131 Å². The first kappa shape index (κ1) is 15.9. The highest BCUT2D eigenvalue weighted by Crippen LogP contribution is 2.20. The highest BCUT2D eigenvalue weighted by atomic mass is 32.1. The van der Waals surface area contributed by atoms with Crippen LogP contribution >= 0.6 is 12.2 Å². The monoisotopic (exact) mass is 304 g/mol. The second-order valence-corrected chi connectivity index (χ2v) is 5.88. The van der Waals surface area contributed by atoms with E-state index in [1.54, 1.807) is 0 Å². The maximum Gasteiger partial charge on any atom is 0.0843 e. The molecule has 0 saturated heterocycles. The molecule has 0 amide bonds. The molecule has 2 N–H and O–H groups in total. The lowest BCUT2D eigenvalue weighted by molar-refractivity contribution is 0.261. The van der Waals surface area contributed by atoms with E-state index < -0.39 is 0 Å². The molecule has 1 aromatic carbocycles. The van der Waals surface area contributed by atoms with Crippen molar-refractivity contribution in [1.29, 1.82) is 0 Å². The molecule has 0 bridgehead atoms. The Kier molecular flexibility index (Phi) is 5.31. The average Bonchev–Trinajstić information content (AvgIpc) is 2.84. The number of rotatable bonds is 7. The van der Waals surface area contributed by atoms with Gasteiger partial charge < -0.3 is 5.73 Å². The average molecular weight is 304 g/mol. The van der Waals surface area contributed by atoms with Crippen LogP contribution in [0.5, 0.6) is 0 Å². The molecule has 114 valence electrons. The predicted octanol–water partition coefficient (Wildman–Crippen LogP) is 2.80. The Morgan fingerprint density at radius 1 is 1.38 bits per heavy atom. The van der Waals surface area contributed by atoms with Gasteiger partial charge >= 0.3 is 0 Å². The minimum Gasteiger partial charge on any atom is -0.393 e. The van der Waals surface area contributed by atoms with Gasteiger partial charge in [-0.2, -0.15) is 5.10 Å². The molecule has 0 aliphatic rings. The van der Waals surface area contributed by atoms with Crippen molar-refractivity contribution in [2.75, 3.05) is 13.1 Å². The van der Waals surface area contributed by atoms with Gasteiger partial charge in [-0.25, -0.2) is 0 Å². The normalized spacial score (nSPS) is 13.0. The second-order valence-electron chi connectivity index (χ2n) is 5.41. The van der Waals surface area contributed by atoms with E-state index in [9.17, 15) is 0 Å². The fourth-order valence-corrected chi connectivity index (χ4v) is 2.62. The van der Waals surface area contributed by atoms with E-state index >= 15 is 0 Å². The number of aryl methyl sites for hydroxylation is 1. The fraction of sp³-hybridized carbons (Fsp3) is 0.500. The molecule has 4 nitrogen and oxygen atoms in total. The second kappa shape index (κ2) is 7.00. The van der Waals surface area contributed by atoms with Crippen molar-refractivity contribution in [3.8, 4) is 0 Å². The van der Waals surface area contributed by atoms with Crippen molar-refractivity contribution >= 4 is 28.1 Å². The van der Waals surface area contributed by atoms with Crippen molar-refractivity contribution in [1.82, 2.24) is 14.7 Å². The van der Waals surface area contributed by atoms with Crippen LogP contribution in [0.3, 0.4) is 0 Å². The molecule has 0 aliphatic heterocycles. The van der Waals surface area contributed by atoms with E-state index in [0.717, 1.165) is 31.9 Å². The minimum atomic E-state index is 0.222. The summed E-state index contributed by atoms with van der Waals surface area (Å²) in [6.07, 6.45) is 0. The van der Waals surface area contributed by atoms with Crippen LogP contribution in [-0.4, -0.2) is 32.8 Å². The number of para-hydroxylation sites is 1. The lowest BCUT2D eigenvalue weighted by Crippen LogP contribution is -2.33. The summed E-state index contributed by atoms with van der Waals surface area (Å²) in [7, 11) is 0. The van der Waals surface area contributed by atoms with E-state index in [1.807, 2.05) is 0 Å². The SMILES string of the molecule is CCN(Cc1nn(CC)c2ccccc12)CC(C)C(N)=S. The molecule has 21 heavy (non-hydrogen) atoms. The van der Waals surface area contributed by atoms with Crippen molar-refractivity contribution < 1.29 is 0 Å². The summed E-state index contributed by atoms with van der Waals surface area (Å²) in [5.41, 5.74) is 8.06. The van der Waals surface area contributed by atoms with Crippen molar-refractivity contribution in [3.63, 3.8) is 0 Å². The highest BCUT2D eigenvalue weighted by molar-refractivity contribution is 7.80. The first-order valence-electron chi connectivity index (χ1n) is 7.52. The maximum atomic E-state index is 5.73. The third kappa shape index (κ3) is 3.60. The molecule has 0 radical (unpaired) electrons. The van der Waals surface area contributed by atoms with Gasteiger partial charge in [-0.05, 0) is 19.5 Å². The number of hydrogen-bond donors (Lipinski definition) is 1. The van der Waals surface area contributed by atoms with Gasteiger partial charge in [-0.1, -0.05) is 44.3 Å². The Morgan fingerprint density at radius 3 is 2.71 bits per heavy atom. The molecule has 5 heteroatoms. The van der Waals surface area contributed by atoms with Gasteiger partial charge in [0.2, 0.25) is 0 Å². The van der Waals surface area contributed by atoms with Gasteiger partial charge in [0, 0.05) is 30.9 Å². The third-order valence-corrected chi connectivity index (χ3v) is 4.27. The first-order chi connectivity index (χ1) is 10.1.